The van der Waals surface area contributed by atoms with Gasteiger partial charge >= 0.3 is 0 Å². The van der Waals surface area contributed by atoms with Crippen LogP contribution < -0.4 is 0 Å². The molecular weight excluding hydrogens is 216 g/mol. The molecular formula is C11H17ClOS. The van der Waals surface area contributed by atoms with E-state index in [0.29, 0.717) is 0 Å². The van der Waals surface area contributed by atoms with Gasteiger partial charge in [0.1, 0.15) is 0 Å². The summed E-state index contributed by atoms with van der Waals surface area (Å²) in [5.74, 6) is 0. The maximum Gasteiger partial charge on any atom is 0.0961 e. The molecule has 1 unspecified atom stereocenters. The Balaban J connectivity index is 2.94. The lowest BCUT2D eigenvalue weighted by molar-refractivity contribution is 0.0495. The summed E-state index contributed by atoms with van der Waals surface area (Å²) in [6.07, 6.45) is 0.534. The number of aliphatic hydroxyl groups is 1. The number of rotatable bonds is 3. The highest BCUT2D eigenvalue weighted by Gasteiger charge is 2.28. The van der Waals surface area contributed by atoms with Crippen molar-refractivity contribution >= 4 is 22.9 Å². The SMILES string of the molecule is CCC(C)(C)C(O)c1cc(C)c(Cl)s1. The largest absolute Gasteiger partial charge is 0.387 e. The second kappa shape index (κ2) is 4.21. The van der Waals surface area contributed by atoms with Crippen molar-refractivity contribution in [1.82, 2.24) is 0 Å². The molecule has 0 saturated carbocycles. The van der Waals surface area contributed by atoms with Crippen molar-refractivity contribution in [2.24, 2.45) is 5.41 Å². The summed E-state index contributed by atoms with van der Waals surface area (Å²) in [6, 6.07) is 1.98. The number of hydrogen-bond donors (Lipinski definition) is 1. The molecule has 1 rings (SSSR count). The van der Waals surface area contributed by atoms with Crippen LogP contribution in [-0.4, -0.2) is 5.11 Å². The molecule has 1 heterocycles. The average molecular weight is 233 g/mol. The maximum absolute atomic E-state index is 10.1. The van der Waals surface area contributed by atoms with Crippen LogP contribution in [-0.2, 0) is 0 Å². The van der Waals surface area contributed by atoms with Crippen LogP contribution in [0, 0.1) is 12.3 Å². The van der Waals surface area contributed by atoms with E-state index in [0.717, 1.165) is 21.2 Å². The summed E-state index contributed by atoms with van der Waals surface area (Å²) in [5.41, 5.74) is 0.971. The van der Waals surface area contributed by atoms with Gasteiger partial charge in [-0.1, -0.05) is 32.4 Å². The van der Waals surface area contributed by atoms with Gasteiger partial charge in [-0.15, -0.1) is 11.3 Å². The topological polar surface area (TPSA) is 20.2 Å². The highest BCUT2D eigenvalue weighted by molar-refractivity contribution is 7.16. The van der Waals surface area contributed by atoms with Gasteiger partial charge in [0.15, 0.2) is 0 Å². The van der Waals surface area contributed by atoms with Crippen molar-refractivity contribution in [3.63, 3.8) is 0 Å². The molecule has 0 aliphatic heterocycles. The molecule has 0 radical (unpaired) electrons. The number of hydrogen-bond acceptors (Lipinski definition) is 2. The minimum Gasteiger partial charge on any atom is -0.387 e. The predicted octanol–water partition coefficient (Wildman–Crippen LogP) is 4.18. The quantitative estimate of drug-likeness (QED) is 0.829. The van der Waals surface area contributed by atoms with Gasteiger partial charge in [-0.2, -0.15) is 0 Å². The Morgan fingerprint density at radius 1 is 1.57 bits per heavy atom. The zero-order valence-corrected chi connectivity index (χ0v) is 10.7. The second-order valence-electron chi connectivity index (χ2n) is 4.35. The normalized spacial score (nSPS) is 14.4. The molecule has 0 spiro atoms. The van der Waals surface area contributed by atoms with Gasteiger partial charge in [0, 0.05) is 4.88 Å². The third kappa shape index (κ3) is 2.30. The number of aliphatic hydroxyl groups excluding tert-OH is 1. The van der Waals surface area contributed by atoms with Gasteiger partial charge < -0.3 is 5.11 Å². The minimum atomic E-state index is -0.413. The van der Waals surface area contributed by atoms with E-state index in [1.807, 2.05) is 13.0 Å². The van der Waals surface area contributed by atoms with E-state index in [-0.39, 0.29) is 5.41 Å². The molecule has 1 aromatic rings. The summed E-state index contributed by atoms with van der Waals surface area (Å²) in [4.78, 5) is 0.972. The second-order valence-corrected chi connectivity index (χ2v) is 6.04. The van der Waals surface area contributed by atoms with Crippen LogP contribution in [0.2, 0.25) is 4.34 Å². The van der Waals surface area contributed by atoms with Crippen molar-refractivity contribution in [3.8, 4) is 0 Å². The molecule has 0 bridgehead atoms. The van der Waals surface area contributed by atoms with Crippen LogP contribution >= 0.6 is 22.9 Å². The molecule has 3 heteroatoms. The van der Waals surface area contributed by atoms with Crippen LogP contribution in [0.15, 0.2) is 6.07 Å². The van der Waals surface area contributed by atoms with Crippen LogP contribution in [0.5, 0.6) is 0 Å². The third-order valence-electron chi connectivity index (χ3n) is 2.80. The first kappa shape index (κ1) is 12.0. The molecule has 0 amide bonds. The van der Waals surface area contributed by atoms with Gasteiger partial charge in [-0.05, 0) is 30.4 Å². The monoisotopic (exact) mass is 232 g/mol. The van der Waals surface area contributed by atoms with Crippen LogP contribution in [0.4, 0.5) is 0 Å². The van der Waals surface area contributed by atoms with E-state index in [1.54, 1.807) is 0 Å². The Bertz CT molecular complexity index is 298. The van der Waals surface area contributed by atoms with E-state index >= 15 is 0 Å². The maximum atomic E-state index is 10.1. The number of aryl methyl sites for hydroxylation is 1. The van der Waals surface area contributed by atoms with E-state index in [9.17, 15) is 5.11 Å². The lowest BCUT2D eigenvalue weighted by Crippen LogP contribution is -2.19. The molecule has 80 valence electrons. The van der Waals surface area contributed by atoms with Crippen molar-refractivity contribution in [3.05, 3.63) is 20.8 Å². The molecule has 1 N–H and O–H groups in total. The lowest BCUT2D eigenvalue weighted by Gasteiger charge is -2.28. The number of thiophene rings is 1. The molecule has 1 nitrogen and oxygen atoms in total. The number of halogens is 1. The third-order valence-corrected chi connectivity index (χ3v) is 4.40. The zero-order valence-electron chi connectivity index (χ0n) is 9.10. The Labute approximate surface area is 94.7 Å². The Morgan fingerprint density at radius 3 is 2.50 bits per heavy atom. The van der Waals surface area contributed by atoms with Gasteiger partial charge in [0.25, 0.3) is 0 Å². The summed E-state index contributed by atoms with van der Waals surface area (Å²) in [7, 11) is 0. The van der Waals surface area contributed by atoms with Crippen molar-refractivity contribution in [1.29, 1.82) is 0 Å². The lowest BCUT2D eigenvalue weighted by atomic mass is 9.83. The first-order valence-electron chi connectivity index (χ1n) is 4.82. The smallest absolute Gasteiger partial charge is 0.0961 e. The summed E-state index contributed by atoms with van der Waals surface area (Å²) >= 11 is 7.45. The van der Waals surface area contributed by atoms with E-state index in [1.165, 1.54) is 11.3 Å². The molecule has 14 heavy (non-hydrogen) atoms. The standard InChI is InChI=1S/C11H17ClOS/c1-5-11(3,4)9(13)8-6-7(2)10(12)14-8/h6,9,13H,5H2,1-4H3. The highest BCUT2D eigenvalue weighted by Crippen LogP contribution is 2.41. The Morgan fingerprint density at radius 2 is 2.14 bits per heavy atom. The first-order valence-corrected chi connectivity index (χ1v) is 6.02. The molecule has 0 aromatic carbocycles. The molecule has 0 aliphatic carbocycles. The van der Waals surface area contributed by atoms with Gasteiger partial charge in [-0.3, -0.25) is 0 Å². The molecule has 0 saturated heterocycles. The molecule has 0 fully saturated rings. The molecule has 1 aromatic heterocycles. The van der Waals surface area contributed by atoms with Crippen molar-refractivity contribution in [2.45, 2.75) is 40.2 Å². The highest BCUT2D eigenvalue weighted by atomic mass is 35.5. The van der Waals surface area contributed by atoms with Gasteiger partial charge in [0.05, 0.1) is 10.4 Å². The predicted molar refractivity (Wildman–Crippen MR) is 63.1 cm³/mol. The summed E-state index contributed by atoms with van der Waals surface area (Å²) in [6.45, 7) is 8.19. The van der Waals surface area contributed by atoms with Crippen LogP contribution in [0.1, 0.15) is 43.7 Å². The Hall–Kier alpha value is -0.0500. The minimum absolute atomic E-state index is 0.0827. The Kier molecular flexibility index (Phi) is 3.62. The average Bonchev–Trinajstić information content (AvgIpc) is 2.45. The van der Waals surface area contributed by atoms with Crippen molar-refractivity contribution in [2.75, 3.05) is 0 Å². The molecule has 0 aliphatic rings. The van der Waals surface area contributed by atoms with E-state index in [2.05, 4.69) is 20.8 Å². The van der Waals surface area contributed by atoms with Crippen LogP contribution in [0.25, 0.3) is 0 Å². The molecule has 1 atom stereocenters. The zero-order chi connectivity index (χ0) is 10.9. The fourth-order valence-electron chi connectivity index (χ4n) is 1.20. The first-order chi connectivity index (χ1) is 6.38. The summed E-state index contributed by atoms with van der Waals surface area (Å²) < 4.78 is 0.783. The van der Waals surface area contributed by atoms with E-state index in [4.69, 9.17) is 11.6 Å². The van der Waals surface area contributed by atoms with Gasteiger partial charge in [0.2, 0.25) is 0 Å². The van der Waals surface area contributed by atoms with Crippen LogP contribution in [0.3, 0.4) is 0 Å². The van der Waals surface area contributed by atoms with E-state index < -0.39 is 6.10 Å². The van der Waals surface area contributed by atoms with Crippen molar-refractivity contribution < 1.29 is 5.11 Å². The van der Waals surface area contributed by atoms with Gasteiger partial charge in [-0.25, -0.2) is 0 Å². The summed E-state index contributed by atoms with van der Waals surface area (Å²) in [5, 5.41) is 10.1. The fraction of sp³-hybridized carbons (Fsp3) is 0.636. The fourth-order valence-corrected chi connectivity index (χ4v) is 2.61.